The normalized spacial score (nSPS) is 16.9. The molecule has 9 heteroatoms. The Hall–Kier alpha value is -2.97. The average Bonchev–Trinajstić information content (AvgIpc) is 3.12. The van der Waals surface area contributed by atoms with Gasteiger partial charge in [0, 0.05) is 19.5 Å². The number of aryl methyl sites for hydroxylation is 1. The van der Waals surface area contributed by atoms with Crippen molar-refractivity contribution < 1.29 is 14.4 Å². The minimum Gasteiger partial charge on any atom is -0.356 e. The van der Waals surface area contributed by atoms with E-state index in [1.165, 1.54) is 0 Å². The first kappa shape index (κ1) is 15.9. The van der Waals surface area contributed by atoms with E-state index in [1.54, 1.807) is 4.68 Å². The number of rotatable bonds is 7. The third kappa shape index (κ3) is 3.67. The molecule has 126 valence electrons. The number of hydrogen-bond acceptors (Lipinski definition) is 5. The fourth-order valence-electron chi connectivity index (χ4n) is 2.57. The molecule has 1 aromatic carbocycles. The van der Waals surface area contributed by atoms with E-state index in [4.69, 9.17) is 0 Å². The first-order chi connectivity index (χ1) is 11.6. The van der Waals surface area contributed by atoms with Crippen molar-refractivity contribution >= 4 is 28.9 Å². The van der Waals surface area contributed by atoms with Gasteiger partial charge in [-0.1, -0.05) is 17.3 Å². The lowest BCUT2D eigenvalue weighted by atomic mass is 10.1. The molecule has 3 N–H and O–H groups in total. The molecule has 24 heavy (non-hydrogen) atoms. The van der Waals surface area contributed by atoms with E-state index in [1.807, 2.05) is 24.3 Å². The van der Waals surface area contributed by atoms with Gasteiger partial charge >= 0.3 is 6.03 Å². The molecule has 1 aromatic heterocycles. The number of hydrogen-bond donors (Lipinski definition) is 3. The van der Waals surface area contributed by atoms with E-state index in [9.17, 15) is 14.4 Å². The minimum absolute atomic E-state index is 0.146. The first-order valence-corrected chi connectivity index (χ1v) is 7.80. The molecule has 1 saturated heterocycles. The molecule has 0 unspecified atom stereocenters. The Bertz CT molecular complexity index is 771. The fourth-order valence-corrected chi connectivity index (χ4v) is 2.57. The molecule has 1 aliphatic rings. The molecular weight excluding hydrogens is 312 g/mol. The lowest BCUT2D eigenvalue weighted by molar-refractivity contribution is -0.122. The Morgan fingerprint density at radius 1 is 1.29 bits per heavy atom. The molecular formula is C15H18N6O3. The van der Waals surface area contributed by atoms with Crippen LogP contribution in [0.2, 0.25) is 0 Å². The molecule has 1 atom stereocenters. The van der Waals surface area contributed by atoms with Gasteiger partial charge < -0.3 is 10.6 Å². The van der Waals surface area contributed by atoms with Gasteiger partial charge in [0.25, 0.3) is 5.91 Å². The summed E-state index contributed by atoms with van der Waals surface area (Å²) in [6, 6.07) is 6.57. The molecule has 4 amide bonds. The van der Waals surface area contributed by atoms with Crippen molar-refractivity contribution in [3.05, 3.63) is 24.3 Å². The Balaban J connectivity index is 1.36. The summed E-state index contributed by atoms with van der Waals surface area (Å²) >= 11 is 0. The van der Waals surface area contributed by atoms with Crippen LogP contribution in [-0.4, -0.2) is 45.4 Å². The summed E-state index contributed by atoms with van der Waals surface area (Å²) < 4.78 is 1.81. The van der Waals surface area contributed by atoms with Crippen LogP contribution in [0.5, 0.6) is 0 Å². The Morgan fingerprint density at radius 3 is 2.92 bits per heavy atom. The topological polar surface area (TPSA) is 118 Å². The highest BCUT2D eigenvalue weighted by atomic mass is 16.2. The van der Waals surface area contributed by atoms with Gasteiger partial charge in [-0.05, 0) is 25.0 Å². The second kappa shape index (κ2) is 7.07. The van der Waals surface area contributed by atoms with Crippen LogP contribution < -0.4 is 16.0 Å². The van der Waals surface area contributed by atoms with E-state index in [2.05, 4.69) is 26.3 Å². The van der Waals surface area contributed by atoms with Crippen molar-refractivity contribution in [1.82, 2.24) is 30.9 Å². The maximum Gasteiger partial charge on any atom is 0.322 e. The van der Waals surface area contributed by atoms with Gasteiger partial charge in [-0.25, -0.2) is 9.48 Å². The van der Waals surface area contributed by atoms with Gasteiger partial charge in [0.15, 0.2) is 0 Å². The molecule has 0 bridgehead atoms. The average molecular weight is 330 g/mol. The lowest BCUT2D eigenvalue weighted by Crippen LogP contribution is -2.32. The molecule has 1 aliphatic heterocycles. The van der Waals surface area contributed by atoms with Gasteiger partial charge in [0.2, 0.25) is 5.91 Å². The van der Waals surface area contributed by atoms with E-state index in [0.717, 1.165) is 17.5 Å². The monoisotopic (exact) mass is 330 g/mol. The van der Waals surface area contributed by atoms with Crippen molar-refractivity contribution in [3.63, 3.8) is 0 Å². The van der Waals surface area contributed by atoms with E-state index >= 15 is 0 Å². The second-order valence-electron chi connectivity index (χ2n) is 5.56. The SMILES string of the molecule is O=C(CC[C@H]1NC(=O)NC1=O)NCCCn1nnc2ccccc21. The van der Waals surface area contributed by atoms with Crippen LogP contribution >= 0.6 is 0 Å². The Kier molecular flexibility index (Phi) is 4.69. The molecule has 3 rings (SSSR count). The highest BCUT2D eigenvalue weighted by molar-refractivity contribution is 6.04. The number of aromatic nitrogens is 3. The maximum absolute atomic E-state index is 11.8. The van der Waals surface area contributed by atoms with Crippen LogP contribution in [0, 0.1) is 0 Å². The summed E-state index contributed by atoms with van der Waals surface area (Å²) in [5, 5.41) is 15.6. The van der Waals surface area contributed by atoms with Gasteiger partial charge in [-0.2, -0.15) is 0 Å². The summed E-state index contributed by atoms with van der Waals surface area (Å²) in [6.07, 6.45) is 1.20. The van der Waals surface area contributed by atoms with Crippen LogP contribution in [0.15, 0.2) is 24.3 Å². The zero-order valence-corrected chi connectivity index (χ0v) is 13.0. The second-order valence-corrected chi connectivity index (χ2v) is 5.56. The standard InChI is InChI=1S/C15H18N6O3/c22-13(7-6-11-14(23)18-15(24)17-11)16-8-3-9-21-12-5-2-1-4-10(12)19-20-21/h1-2,4-5,11H,3,6-9H2,(H,16,22)(H2,17,18,23,24)/t11-/m1/s1. The quantitative estimate of drug-likeness (QED) is 0.485. The summed E-state index contributed by atoms with van der Waals surface area (Å²) in [6.45, 7) is 1.16. The molecule has 0 radical (unpaired) electrons. The predicted molar refractivity (Wildman–Crippen MR) is 84.9 cm³/mol. The number of carbonyl (C=O) groups is 3. The van der Waals surface area contributed by atoms with Crippen LogP contribution in [0.4, 0.5) is 4.79 Å². The zero-order valence-electron chi connectivity index (χ0n) is 13.0. The van der Waals surface area contributed by atoms with Gasteiger partial charge in [-0.15, -0.1) is 5.10 Å². The molecule has 0 saturated carbocycles. The number of para-hydroxylation sites is 1. The van der Waals surface area contributed by atoms with Gasteiger partial charge in [-0.3, -0.25) is 14.9 Å². The van der Waals surface area contributed by atoms with Crippen molar-refractivity contribution in [2.75, 3.05) is 6.54 Å². The van der Waals surface area contributed by atoms with E-state index < -0.39 is 12.1 Å². The molecule has 0 aliphatic carbocycles. The predicted octanol–water partition coefficient (Wildman–Crippen LogP) is -0.0742. The molecule has 2 heterocycles. The maximum atomic E-state index is 11.8. The summed E-state index contributed by atoms with van der Waals surface area (Å²) in [7, 11) is 0. The number of urea groups is 1. The van der Waals surface area contributed by atoms with E-state index in [0.29, 0.717) is 13.1 Å². The van der Waals surface area contributed by atoms with Crippen LogP contribution in [-0.2, 0) is 16.1 Å². The van der Waals surface area contributed by atoms with Gasteiger partial charge in [0.05, 0.1) is 5.52 Å². The van der Waals surface area contributed by atoms with Crippen molar-refractivity contribution in [2.24, 2.45) is 0 Å². The van der Waals surface area contributed by atoms with E-state index in [-0.39, 0.29) is 24.7 Å². The van der Waals surface area contributed by atoms with Crippen LogP contribution in [0.25, 0.3) is 11.0 Å². The number of nitrogens with zero attached hydrogens (tertiary/aromatic N) is 3. The number of nitrogens with one attached hydrogen (secondary N) is 3. The van der Waals surface area contributed by atoms with Crippen LogP contribution in [0.3, 0.4) is 0 Å². The summed E-state index contributed by atoms with van der Waals surface area (Å²) in [5.41, 5.74) is 1.81. The number of carbonyl (C=O) groups excluding carboxylic acids is 3. The van der Waals surface area contributed by atoms with Crippen molar-refractivity contribution in [2.45, 2.75) is 31.8 Å². The number of fused-ring (bicyclic) bond motifs is 1. The summed E-state index contributed by atoms with van der Waals surface area (Å²) in [5.74, 6) is -0.529. The molecule has 2 aromatic rings. The molecule has 0 spiro atoms. The Morgan fingerprint density at radius 2 is 2.12 bits per heavy atom. The first-order valence-electron chi connectivity index (χ1n) is 7.80. The van der Waals surface area contributed by atoms with Crippen LogP contribution in [0.1, 0.15) is 19.3 Å². The molecule has 1 fully saturated rings. The summed E-state index contributed by atoms with van der Waals surface area (Å²) in [4.78, 5) is 34.1. The van der Waals surface area contributed by atoms with Crippen molar-refractivity contribution in [3.8, 4) is 0 Å². The minimum atomic E-state index is -0.621. The van der Waals surface area contributed by atoms with Crippen molar-refractivity contribution in [1.29, 1.82) is 0 Å². The zero-order chi connectivity index (χ0) is 16.9. The smallest absolute Gasteiger partial charge is 0.322 e. The number of benzene rings is 1. The number of imide groups is 1. The number of amides is 4. The highest BCUT2D eigenvalue weighted by Gasteiger charge is 2.29. The highest BCUT2D eigenvalue weighted by Crippen LogP contribution is 2.09. The Labute approximate surface area is 137 Å². The fraction of sp³-hybridized carbons (Fsp3) is 0.400. The third-order valence-corrected chi connectivity index (χ3v) is 3.81. The van der Waals surface area contributed by atoms with Gasteiger partial charge in [0.1, 0.15) is 11.6 Å². The largest absolute Gasteiger partial charge is 0.356 e. The molecule has 9 nitrogen and oxygen atoms in total. The lowest BCUT2D eigenvalue weighted by Gasteiger charge is -2.08. The third-order valence-electron chi connectivity index (χ3n) is 3.81.